The zero-order chi connectivity index (χ0) is 25.7. The third-order valence-corrected chi connectivity index (χ3v) is 5.84. The van der Waals surface area contributed by atoms with Gasteiger partial charge in [0.05, 0.1) is 12.1 Å². The van der Waals surface area contributed by atoms with Crippen LogP contribution in [0.25, 0.3) is 0 Å². The highest BCUT2D eigenvalue weighted by Gasteiger charge is 2.44. The van der Waals surface area contributed by atoms with Gasteiger partial charge < -0.3 is 15.0 Å². The normalized spacial score (nSPS) is 15.1. The van der Waals surface area contributed by atoms with Gasteiger partial charge in [0.25, 0.3) is 11.8 Å². The van der Waals surface area contributed by atoms with Gasteiger partial charge in [0, 0.05) is 19.2 Å². The van der Waals surface area contributed by atoms with Crippen molar-refractivity contribution in [2.24, 2.45) is 0 Å². The summed E-state index contributed by atoms with van der Waals surface area (Å²) in [6.07, 6.45) is -0.130. The summed E-state index contributed by atoms with van der Waals surface area (Å²) in [6, 6.07) is 22.1. The second-order valence-electron chi connectivity index (χ2n) is 8.62. The Hall–Kier alpha value is -4.46. The zero-order valence-electron chi connectivity index (χ0n) is 20.1. The van der Waals surface area contributed by atoms with E-state index in [1.165, 1.54) is 11.8 Å². The summed E-state index contributed by atoms with van der Waals surface area (Å²) in [5, 5.41) is 2.65. The number of imide groups is 1. The molecule has 1 saturated heterocycles. The third-order valence-electron chi connectivity index (χ3n) is 5.84. The number of benzene rings is 3. The van der Waals surface area contributed by atoms with Crippen LogP contribution in [0.15, 0.2) is 78.9 Å². The van der Waals surface area contributed by atoms with E-state index in [4.69, 9.17) is 4.74 Å². The Kier molecular flexibility index (Phi) is 7.44. The molecule has 8 nitrogen and oxygen atoms in total. The topological polar surface area (TPSA) is 96.0 Å². The van der Waals surface area contributed by atoms with Crippen LogP contribution in [0.4, 0.5) is 11.4 Å². The fourth-order valence-corrected chi connectivity index (χ4v) is 4.03. The lowest BCUT2D eigenvalue weighted by molar-refractivity contribution is -0.140. The lowest BCUT2D eigenvalue weighted by atomic mass is 10.1. The van der Waals surface area contributed by atoms with Crippen molar-refractivity contribution in [1.82, 2.24) is 4.90 Å². The Balaban J connectivity index is 1.56. The smallest absolute Gasteiger partial charge is 0.261 e. The number of anilines is 2. The third kappa shape index (κ3) is 5.78. The minimum absolute atomic E-state index is 0.130. The van der Waals surface area contributed by atoms with Gasteiger partial charge in [-0.15, -0.1) is 0 Å². The molecule has 1 aliphatic heterocycles. The van der Waals surface area contributed by atoms with Crippen molar-refractivity contribution in [3.05, 3.63) is 90.0 Å². The molecule has 36 heavy (non-hydrogen) atoms. The maximum Gasteiger partial charge on any atom is 0.261 e. The number of hydrogen-bond acceptors (Lipinski definition) is 5. The van der Waals surface area contributed by atoms with E-state index in [9.17, 15) is 19.2 Å². The van der Waals surface area contributed by atoms with Gasteiger partial charge in [-0.2, -0.15) is 0 Å². The molecule has 184 valence electrons. The van der Waals surface area contributed by atoms with E-state index in [0.29, 0.717) is 17.1 Å². The second-order valence-corrected chi connectivity index (χ2v) is 8.62. The number of aryl methyl sites for hydroxylation is 1. The molecule has 0 saturated carbocycles. The molecule has 1 atom stereocenters. The predicted molar refractivity (Wildman–Crippen MR) is 135 cm³/mol. The first kappa shape index (κ1) is 24.7. The number of carbonyl (C=O) groups is 4. The first-order valence-corrected chi connectivity index (χ1v) is 11.6. The summed E-state index contributed by atoms with van der Waals surface area (Å²) in [5.74, 6) is -0.959. The van der Waals surface area contributed by atoms with Crippen molar-refractivity contribution in [2.45, 2.75) is 32.9 Å². The van der Waals surface area contributed by atoms with Gasteiger partial charge in [-0.25, -0.2) is 4.90 Å². The molecule has 1 heterocycles. The van der Waals surface area contributed by atoms with Crippen molar-refractivity contribution in [2.75, 3.05) is 16.8 Å². The van der Waals surface area contributed by atoms with Crippen LogP contribution in [0.3, 0.4) is 0 Å². The molecule has 0 radical (unpaired) electrons. The highest BCUT2D eigenvalue weighted by atomic mass is 16.5. The van der Waals surface area contributed by atoms with Gasteiger partial charge >= 0.3 is 0 Å². The van der Waals surface area contributed by atoms with Gasteiger partial charge in [0.2, 0.25) is 11.8 Å². The summed E-state index contributed by atoms with van der Waals surface area (Å²) in [6.45, 7) is 3.26. The van der Waals surface area contributed by atoms with E-state index < -0.39 is 23.8 Å². The number of ether oxygens (including phenoxy) is 1. The zero-order valence-corrected chi connectivity index (χ0v) is 20.1. The first-order valence-electron chi connectivity index (χ1n) is 11.6. The molecule has 1 N–H and O–H groups in total. The Labute approximate surface area is 209 Å². The highest BCUT2D eigenvalue weighted by molar-refractivity contribution is 6.23. The van der Waals surface area contributed by atoms with Gasteiger partial charge in [0.1, 0.15) is 11.8 Å². The molecule has 3 aromatic carbocycles. The van der Waals surface area contributed by atoms with Gasteiger partial charge in [0.15, 0.2) is 6.61 Å². The molecule has 1 fully saturated rings. The number of amides is 4. The first-order chi connectivity index (χ1) is 17.3. The maximum absolute atomic E-state index is 13.4. The van der Waals surface area contributed by atoms with Crippen LogP contribution in [-0.4, -0.2) is 41.2 Å². The molecule has 1 unspecified atom stereocenters. The molecule has 0 aliphatic carbocycles. The molecule has 0 spiro atoms. The van der Waals surface area contributed by atoms with Crippen LogP contribution in [0, 0.1) is 6.92 Å². The molecular weight excluding hydrogens is 458 g/mol. The molecule has 4 rings (SSSR count). The molecular formula is C28H27N3O5. The lowest BCUT2D eigenvalue weighted by Gasteiger charge is -2.28. The quantitative estimate of drug-likeness (QED) is 0.491. The number of hydrogen-bond donors (Lipinski definition) is 1. The minimum Gasteiger partial charge on any atom is -0.484 e. The predicted octanol–water partition coefficient (Wildman–Crippen LogP) is 3.69. The average molecular weight is 486 g/mol. The van der Waals surface area contributed by atoms with Crippen LogP contribution in [0.5, 0.6) is 5.75 Å². The van der Waals surface area contributed by atoms with E-state index in [2.05, 4.69) is 5.32 Å². The van der Waals surface area contributed by atoms with Crippen LogP contribution in [0.2, 0.25) is 0 Å². The number of nitrogens with zero attached hydrogens (tertiary/aromatic N) is 2. The summed E-state index contributed by atoms with van der Waals surface area (Å²) in [7, 11) is 0. The summed E-state index contributed by atoms with van der Waals surface area (Å²) >= 11 is 0. The van der Waals surface area contributed by atoms with Crippen molar-refractivity contribution in [1.29, 1.82) is 0 Å². The maximum atomic E-state index is 13.4. The molecule has 8 heteroatoms. The standard InChI is InChI=1S/C28H27N3O5/c1-19-8-10-21(11-9-19)17-30(27(34)18-36-24-6-4-3-5-7-24)25-16-26(33)31(28(25)35)23-14-12-22(13-15-23)29-20(2)32/h3-15,25H,16-18H2,1-2H3,(H,29,32). The van der Waals surface area contributed by atoms with Crippen molar-refractivity contribution in [3.63, 3.8) is 0 Å². The van der Waals surface area contributed by atoms with E-state index in [-0.39, 0.29) is 25.5 Å². The Morgan fingerprint density at radius 1 is 0.972 bits per heavy atom. The van der Waals surface area contributed by atoms with Crippen LogP contribution >= 0.6 is 0 Å². The van der Waals surface area contributed by atoms with E-state index in [1.54, 1.807) is 48.5 Å². The van der Waals surface area contributed by atoms with Crippen molar-refractivity contribution < 1.29 is 23.9 Å². The van der Waals surface area contributed by atoms with Crippen molar-refractivity contribution in [3.8, 4) is 5.75 Å². The number of para-hydroxylation sites is 1. The fraction of sp³-hybridized carbons (Fsp3) is 0.214. The summed E-state index contributed by atoms with van der Waals surface area (Å²) in [4.78, 5) is 53.5. The van der Waals surface area contributed by atoms with E-state index in [0.717, 1.165) is 16.0 Å². The summed E-state index contributed by atoms with van der Waals surface area (Å²) < 4.78 is 5.65. The second kappa shape index (κ2) is 10.9. The molecule has 0 aromatic heterocycles. The molecule has 4 amide bonds. The van der Waals surface area contributed by atoms with E-state index in [1.807, 2.05) is 37.3 Å². The average Bonchev–Trinajstić information content (AvgIpc) is 3.16. The Morgan fingerprint density at radius 3 is 2.28 bits per heavy atom. The lowest BCUT2D eigenvalue weighted by Crippen LogP contribution is -2.46. The van der Waals surface area contributed by atoms with Gasteiger partial charge in [-0.1, -0.05) is 48.0 Å². The largest absolute Gasteiger partial charge is 0.484 e. The SMILES string of the molecule is CC(=O)Nc1ccc(N2C(=O)CC(N(Cc3ccc(C)cc3)C(=O)COc3ccccc3)C2=O)cc1. The van der Waals surface area contributed by atoms with Crippen molar-refractivity contribution >= 4 is 35.0 Å². The number of carbonyl (C=O) groups excluding carboxylic acids is 4. The highest BCUT2D eigenvalue weighted by Crippen LogP contribution is 2.28. The number of nitrogens with one attached hydrogen (secondary N) is 1. The monoisotopic (exact) mass is 485 g/mol. The summed E-state index contributed by atoms with van der Waals surface area (Å²) in [5.41, 5.74) is 2.85. The van der Waals surface area contributed by atoms with Crippen LogP contribution in [0.1, 0.15) is 24.5 Å². The van der Waals surface area contributed by atoms with Gasteiger partial charge in [-0.3, -0.25) is 19.2 Å². The van der Waals surface area contributed by atoms with Gasteiger partial charge in [-0.05, 0) is 48.9 Å². The molecule has 3 aromatic rings. The molecule has 0 bridgehead atoms. The molecule has 1 aliphatic rings. The fourth-order valence-electron chi connectivity index (χ4n) is 4.03. The van der Waals surface area contributed by atoms with E-state index >= 15 is 0 Å². The van der Waals surface area contributed by atoms with Crippen LogP contribution < -0.4 is 15.0 Å². The minimum atomic E-state index is -0.958. The Morgan fingerprint density at radius 2 is 1.64 bits per heavy atom. The Bertz CT molecular complexity index is 1260. The van der Waals surface area contributed by atoms with Crippen LogP contribution in [-0.2, 0) is 25.7 Å². The number of rotatable bonds is 8.